The third kappa shape index (κ3) is 5.63. The summed E-state index contributed by atoms with van der Waals surface area (Å²) in [6, 6.07) is 6.51. The highest BCUT2D eigenvalue weighted by molar-refractivity contribution is 5.78. The Balaban J connectivity index is 1.36. The fourth-order valence-electron chi connectivity index (χ4n) is 3.30. The number of carbonyl (C=O) groups excluding carboxylic acids is 1. The zero-order valence-electron chi connectivity index (χ0n) is 14.0. The monoisotopic (exact) mass is 356 g/mol. The number of carbonyl (C=O) groups is 1. The molecule has 2 aliphatic rings. The first-order valence-corrected chi connectivity index (χ1v) is 8.77. The van der Waals surface area contributed by atoms with Gasteiger partial charge in [-0.1, -0.05) is 12.1 Å². The van der Waals surface area contributed by atoms with Crippen molar-refractivity contribution in [3.05, 3.63) is 29.8 Å². The number of halogens is 3. The standard InChI is InChI=1S/C18H23F3N2O2/c19-18(20,21)25-16-5-1-13(2-6-16)7-10-22-17(24)14-8-11-23(12-9-14)15-3-4-15/h1-2,5-6,14-15H,3-4,7-12H2,(H,22,24). The minimum Gasteiger partial charge on any atom is -0.406 e. The summed E-state index contributed by atoms with van der Waals surface area (Å²) in [5.74, 6) is -0.0623. The molecule has 2 fully saturated rings. The fraction of sp³-hybridized carbons (Fsp3) is 0.611. The average Bonchev–Trinajstić information content (AvgIpc) is 3.40. The third-order valence-electron chi connectivity index (χ3n) is 4.83. The predicted molar refractivity (Wildman–Crippen MR) is 87.2 cm³/mol. The number of nitrogens with zero attached hydrogens (tertiary/aromatic N) is 1. The lowest BCUT2D eigenvalue weighted by atomic mass is 9.95. The minimum absolute atomic E-state index is 0.0811. The second kappa shape index (κ2) is 7.64. The molecule has 1 aliphatic carbocycles. The maximum absolute atomic E-state index is 12.2. The van der Waals surface area contributed by atoms with Gasteiger partial charge in [0.05, 0.1) is 0 Å². The predicted octanol–water partition coefficient (Wildman–Crippen LogP) is 3.12. The largest absolute Gasteiger partial charge is 0.573 e. The number of likely N-dealkylation sites (tertiary alicyclic amines) is 1. The molecular weight excluding hydrogens is 333 g/mol. The first kappa shape index (κ1) is 18.0. The topological polar surface area (TPSA) is 41.6 Å². The number of hydrogen-bond donors (Lipinski definition) is 1. The summed E-state index contributed by atoms with van der Waals surface area (Å²) >= 11 is 0. The number of amides is 1. The first-order valence-electron chi connectivity index (χ1n) is 8.77. The van der Waals surface area contributed by atoms with E-state index in [1.807, 2.05) is 0 Å². The van der Waals surface area contributed by atoms with Crippen LogP contribution >= 0.6 is 0 Å². The molecule has 0 radical (unpaired) electrons. The Morgan fingerprint density at radius 2 is 1.76 bits per heavy atom. The molecule has 0 unspecified atom stereocenters. The number of alkyl halides is 3. The molecule has 1 aromatic carbocycles. The maximum Gasteiger partial charge on any atom is 0.573 e. The molecule has 1 N–H and O–H groups in total. The van der Waals surface area contributed by atoms with E-state index in [1.165, 1.54) is 25.0 Å². The molecule has 1 heterocycles. The van der Waals surface area contributed by atoms with Crippen LogP contribution in [0.15, 0.2) is 24.3 Å². The molecule has 1 saturated carbocycles. The Kier molecular flexibility index (Phi) is 5.51. The zero-order valence-corrected chi connectivity index (χ0v) is 14.0. The van der Waals surface area contributed by atoms with Gasteiger partial charge in [0, 0.05) is 18.5 Å². The molecule has 0 bridgehead atoms. The van der Waals surface area contributed by atoms with E-state index in [0.717, 1.165) is 37.5 Å². The first-order chi connectivity index (χ1) is 11.9. The highest BCUT2D eigenvalue weighted by Crippen LogP contribution is 2.30. The van der Waals surface area contributed by atoms with Gasteiger partial charge in [-0.25, -0.2) is 0 Å². The van der Waals surface area contributed by atoms with Gasteiger partial charge in [0.25, 0.3) is 0 Å². The van der Waals surface area contributed by atoms with Gasteiger partial charge in [-0.3, -0.25) is 4.79 Å². The highest BCUT2D eigenvalue weighted by atomic mass is 19.4. The molecule has 25 heavy (non-hydrogen) atoms. The fourth-order valence-corrected chi connectivity index (χ4v) is 3.30. The van der Waals surface area contributed by atoms with Crippen molar-refractivity contribution >= 4 is 5.91 Å². The van der Waals surface area contributed by atoms with Crippen molar-refractivity contribution in [1.29, 1.82) is 0 Å². The lowest BCUT2D eigenvalue weighted by Gasteiger charge is -2.31. The normalized spacial score (nSPS) is 19.6. The molecule has 0 atom stereocenters. The minimum atomic E-state index is -4.68. The molecule has 0 spiro atoms. The summed E-state index contributed by atoms with van der Waals surface area (Å²) in [6.07, 6.45) is 0.314. The van der Waals surface area contributed by atoms with Crippen LogP contribution in [0, 0.1) is 5.92 Å². The summed E-state index contributed by atoms with van der Waals surface area (Å²) < 4.78 is 40.2. The second-order valence-corrected chi connectivity index (χ2v) is 6.77. The number of ether oxygens (including phenoxy) is 1. The Labute approximate surface area is 145 Å². The lowest BCUT2D eigenvalue weighted by molar-refractivity contribution is -0.274. The van der Waals surface area contributed by atoms with Crippen molar-refractivity contribution < 1.29 is 22.7 Å². The van der Waals surface area contributed by atoms with Gasteiger partial charge < -0.3 is 15.0 Å². The van der Waals surface area contributed by atoms with Crippen molar-refractivity contribution in [3.63, 3.8) is 0 Å². The van der Waals surface area contributed by atoms with Gasteiger partial charge in [-0.2, -0.15) is 0 Å². The lowest BCUT2D eigenvalue weighted by Crippen LogP contribution is -2.41. The van der Waals surface area contributed by atoms with E-state index >= 15 is 0 Å². The number of piperidine rings is 1. The van der Waals surface area contributed by atoms with E-state index in [2.05, 4.69) is 15.0 Å². The van der Waals surface area contributed by atoms with E-state index in [1.54, 1.807) is 12.1 Å². The molecule has 1 aliphatic heterocycles. The Morgan fingerprint density at radius 3 is 2.32 bits per heavy atom. The van der Waals surface area contributed by atoms with E-state index in [-0.39, 0.29) is 17.6 Å². The van der Waals surface area contributed by atoms with Gasteiger partial charge in [0.2, 0.25) is 5.91 Å². The summed E-state index contributed by atoms with van der Waals surface area (Å²) in [4.78, 5) is 14.7. The van der Waals surface area contributed by atoms with Gasteiger partial charge in [-0.05, 0) is 62.9 Å². The molecule has 0 aromatic heterocycles. The van der Waals surface area contributed by atoms with Crippen molar-refractivity contribution in [3.8, 4) is 5.75 Å². The van der Waals surface area contributed by atoms with Crippen molar-refractivity contribution in [2.24, 2.45) is 5.92 Å². The average molecular weight is 356 g/mol. The van der Waals surface area contributed by atoms with Crippen LogP contribution in [-0.2, 0) is 11.2 Å². The quantitative estimate of drug-likeness (QED) is 0.852. The summed E-state index contributed by atoms with van der Waals surface area (Å²) in [5, 5.41) is 2.94. The van der Waals surface area contributed by atoms with Crippen molar-refractivity contribution in [2.75, 3.05) is 19.6 Å². The molecule has 138 valence electrons. The van der Waals surface area contributed by atoms with E-state index in [0.29, 0.717) is 13.0 Å². The van der Waals surface area contributed by atoms with Crippen LogP contribution in [0.2, 0.25) is 0 Å². The van der Waals surface area contributed by atoms with E-state index < -0.39 is 6.36 Å². The molecule has 4 nitrogen and oxygen atoms in total. The van der Waals surface area contributed by atoms with Gasteiger partial charge in [-0.15, -0.1) is 13.2 Å². The summed E-state index contributed by atoms with van der Waals surface area (Å²) in [6.45, 7) is 2.49. The van der Waals surface area contributed by atoms with Crippen molar-refractivity contribution in [2.45, 2.75) is 44.5 Å². The smallest absolute Gasteiger partial charge is 0.406 e. The molecule has 7 heteroatoms. The van der Waals surface area contributed by atoms with Crippen LogP contribution in [0.3, 0.4) is 0 Å². The Bertz CT molecular complexity index is 577. The molecular formula is C18H23F3N2O2. The van der Waals surface area contributed by atoms with Crippen LogP contribution in [0.5, 0.6) is 5.75 Å². The number of nitrogens with one attached hydrogen (secondary N) is 1. The second-order valence-electron chi connectivity index (χ2n) is 6.77. The van der Waals surface area contributed by atoms with E-state index in [4.69, 9.17) is 0 Å². The number of rotatable bonds is 6. The SMILES string of the molecule is O=C(NCCc1ccc(OC(F)(F)F)cc1)C1CCN(C2CC2)CC1. The van der Waals surface area contributed by atoms with Crippen LogP contribution < -0.4 is 10.1 Å². The number of hydrogen-bond acceptors (Lipinski definition) is 3. The maximum atomic E-state index is 12.2. The summed E-state index contributed by atoms with van der Waals surface area (Å²) in [5.41, 5.74) is 0.860. The van der Waals surface area contributed by atoms with Gasteiger partial charge in [0.1, 0.15) is 5.75 Å². The highest BCUT2D eigenvalue weighted by Gasteiger charge is 2.33. The van der Waals surface area contributed by atoms with E-state index in [9.17, 15) is 18.0 Å². The van der Waals surface area contributed by atoms with Crippen LogP contribution in [0.25, 0.3) is 0 Å². The Morgan fingerprint density at radius 1 is 1.12 bits per heavy atom. The number of benzene rings is 1. The van der Waals surface area contributed by atoms with Crippen molar-refractivity contribution in [1.82, 2.24) is 10.2 Å². The Hall–Kier alpha value is -1.76. The zero-order chi connectivity index (χ0) is 17.9. The van der Waals surface area contributed by atoms with Gasteiger partial charge >= 0.3 is 6.36 Å². The van der Waals surface area contributed by atoms with Gasteiger partial charge in [0.15, 0.2) is 0 Å². The summed E-state index contributed by atoms with van der Waals surface area (Å²) in [7, 11) is 0. The van der Waals surface area contributed by atoms with Crippen LogP contribution in [-0.4, -0.2) is 42.8 Å². The van der Waals surface area contributed by atoms with Crippen LogP contribution in [0.4, 0.5) is 13.2 Å². The third-order valence-corrected chi connectivity index (χ3v) is 4.83. The molecule has 1 saturated heterocycles. The molecule has 3 rings (SSSR count). The molecule has 1 aromatic rings. The van der Waals surface area contributed by atoms with Crippen LogP contribution in [0.1, 0.15) is 31.2 Å². The molecule has 1 amide bonds.